The van der Waals surface area contributed by atoms with Gasteiger partial charge in [-0.25, -0.2) is 0 Å². The average Bonchev–Trinajstić information content (AvgIpc) is 3.65. The summed E-state index contributed by atoms with van der Waals surface area (Å²) in [5.74, 6) is -1.45. The van der Waals surface area contributed by atoms with Gasteiger partial charge in [0.05, 0.1) is 23.3 Å². The Balaban J connectivity index is 1.60. The average molecular weight is 528 g/mol. The van der Waals surface area contributed by atoms with Crippen LogP contribution in [0, 0.1) is 5.41 Å². The SMILES string of the molecule is C[C@@H](O[C@H]1CCN(C(=O)C2(C(N)=O)CC2)C[C@H]1c1ccccc1)c1cc(C(F)(F)F)cc(C(F)(F)F)c1. The molecule has 1 saturated heterocycles. The summed E-state index contributed by atoms with van der Waals surface area (Å²) in [6.45, 7) is 1.79. The van der Waals surface area contributed by atoms with Crippen molar-refractivity contribution in [3.05, 3.63) is 70.8 Å². The monoisotopic (exact) mass is 528 g/mol. The minimum absolute atomic E-state index is 0.0829. The standard InChI is InChI=1S/C26H26F6N2O3/c1-15(17-11-18(25(27,28)29)13-19(12-17)26(30,31)32)37-21-7-10-34(23(36)24(8-9-24)22(33)35)14-20(21)16-5-3-2-4-6-16/h2-6,11-13,15,20-21H,7-10,14H2,1H3,(H2,33,35)/t15-,20+,21+/m1/s1. The van der Waals surface area contributed by atoms with Crippen LogP contribution in [0.25, 0.3) is 0 Å². The minimum Gasteiger partial charge on any atom is -0.370 e. The van der Waals surface area contributed by atoms with E-state index in [-0.39, 0.29) is 37.0 Å². The fourth-order valence-electron chi connectivity index (χ4n) is 4.85. The van der Waals surface area contributed by atoms with Gasteiger partial charge in [-0.05, 0) is 55.5 Å². The Morgan fingerprint density at radius 2 is 1.57 bits per heavy atom. The van der Waals surface area contributed by atoms with E-state index in [2.05, 4.69) is 0 Å². The van der Waals surface area contributed by atoms with E-state index in [1.165, 1.54) is 6.92 Å². The van der Waals surface area contributed by atoms with Crippen LogP contribution in [-0.4, -0.2) is 35.9 Å². The molecule has 0 radical (unpaired) electrons. The van der Waals surface area contributed by atoms with Crippen LogP contribution in [0.4, 0.5) is 26.3 Å². The number of carbonyl (C=O) groups excluding carboxylic acids is 2. The topological polar surface area (TPSA) is 72.6 Å². The molecule has 0 spiro atoms. The third kappa shape index (κ3) is 5.61. The van der Waals surface area contributed by atoms with Gasteiger partial charge >= 0.3 is 12.4 Å². The molecule has 0 aromatic heterocycles. The lowest BCUT2D eigenvalue weighted by Gasteiger charge is -2.41. The molecule has 2 aliphatic rings. The Morgan fingerprint density at radius 1 is 1.00 bits per heavy atom. The zero-order chi connectivity index (χ0) is 27.2. The predicted octanol–water partition coefficient (Wildman–Crippen LogP) is 5.45. The second-order valence-electron chi connectivity index (χ2n) is 9.66. The number of alkyl halides is 6. The van der Waals surface area contributed by atoms with Crippen molar-refractivity contribution in [2.75, 3.05) is 13.1 Å². The number of amides is 2. The third-order valence-electron chi connectivity index (χ3n) is 7.15. The summed E-state index contributed by atoms with van der Waals surface area (Å²) in [6.07, 6.45) is -10.6. The van der Waals surface area contributed by atoms with Crippen molar-refractivity contribution in [1.82, 2.24) is 4.90 Å². The van der Waals surface area contributed by atoms with Crippen LogP contribution in [0.15, 0.2) is 48.5 Å². The number of rotatable bonds is 6. The first kappa shape index (κ1) is 27.0. The Hall–Kier alpha value is -3.08. The second-order valence-corrected chi connectivity index (χ2v) is 9.66. The molecule has 11 heteroatoms. The quantitative estimate of drug-likeness (QED) is 0.400. The van der Waals surface area contributed by atoms with Crippen LogP contribution in [0.2, 0.25) is 0 Å². The number of piperidine rings is 1. The molecule has 5 nitrogen and oxygen atoms in total. The van der Waals surface area contributed by atoms with Gasteiger partial charge in [0, 0.05) is 19.0 Å². The zero-order valence-corrected chi connectivity index (χ0v) is 19.9. The van der Waals surface area contributed by atoms with Gasteiger partial charge in [0.15, 0.2) is 0 Å². The third-order valence-corrected chi connectivity index (χ3v) is 7.15. The molecular formula is C26H26F6N2O3. The number of likely N-dealkylation sites (tertiary alicyclic amines) is 1. The highest BCUT2D eigenvalue weighted by Crippen LogP contribution is 2.48. The van der Waals surface area contributed by atoms with Crippen molar-refractivity contribution >= 4 is 11.8 Å². The predicted molar refractivity (Wildman–Crippen MR) is 121 cm³/mol. The summed E-state index contributed by atoms with van der Waals surface area (Å²) in [5.41, 5.74) is 1.98. The molecule has 0 unspecified atom stereocenters. The van der Waals surface area contributed by atoms with Crippen molar-refractivity contribution in [2.24, 2.45) is 11.1 Å². The molecule has 200 valence electrons. The van der Waals surface area contributed by atoms with E-state index in [4.69, 9.17) is 10.5 Å². The Labute approximate surface area is 209 Å². The van der Waals surface area contributed by atoms with Gasteiger partial charge in [0.25, 0.3) is 0 Å². The first-order valence-corrected chi connectivity index (χ1v) is 11.8. The number of hydrogen-bond acceptors (Lipinski definition) is 3. The summed E-state index contributed by atoms with van der Waals surface area (Å²) in [4.78, 5) is 26.5. The molecule has 2 N–H and O–H groups in total. The Kier molecular flexibility index (Phi) is 7.04. The van der Waals surface area contributed by atoms with Crippen molar-refractivity contribution in [2.45, 2.75) is 56.7 Å². The first-order valence-electron chi connectivity index (χ1n) is 11.8. The van der Waals surface area contributed by atoms with Crippen LogP contribution in [-0.2, 0) is 26.7 Å². The molecule has 1 aliphatic carbocycles. The van der Waals surface area contributed by atoms with E-state index < -0.39 is 52.9 Å². The van der Waals surface area contributed by atoms with Gasteiger partial charge in [-0.15, -0.1) is 0 Å². The number of primary amides is 1. The maximum atomic E-state index is 13.3. The largest absolute Gasteiger partial charge is 0.416 e. The zero-order valence-electron chi connectivity index (χ0n) is 19.9. The van der Waals surface area contributed by atoms with Gasteiger partial charge in [-0.3, -0.25) is 9.59 Å². The summed E-state index contributed by atoms with van der Waals surface area (Å²) in [7, 11) is 0. The fraction of sp³-hybridized carbons (Fsp3) is 0.462. The number of halogens is 6. The van der Waals surface area contributed by atoms with Crippen molar-refractivity contribution < 1.29 is 40.7 Å². The van der Waals surface area contributed by atoms with Crippen molar-refractivity contribution in [3.63, 3.8) is 0 Å². The number of carbonyl (C=O) groups is 2. The molecule has 4 rings (SSSR count). The highest BCUT2D eigenvalue weighted by Gasteiger charge is 2.57. The summed E-state index contributed by atoms with van der Waals surface area (Å²) in [6, 6.07) is 10.4. The van der Waals surface area contributed by atoms with Crippen LogP contribution < -0.4 is 5.73 Å². The molecule has 3 atom stereocenters. The molecule has 1 heterocycles. The highest BCUT2D eigenvalue weighted by molar-refractivity contribution is 6.07. The number of nitrogens with two attached hydrogens (primary N) is 1. The van der Waals surface area contributed by atoms with Crippen LogP contribution in [0.5, 0.6) is 0 Å². The molecule has 2 amide bonds. The Morgan fingerprint density at radius 3 is 2.05 bits per heavy atom. The highest BCUT2D eigenvalue weighted by atomic mass is 19.4. The lowest BCUT2D eigenvalue weighted by atomic mass is 9.86. The van der Waals surface area contributed by atoms with Gasteiger partial charge in [-0.2, -0.15) is 26.3 Å². The lowest BCUT2D eigenvalue weighted by Crippen LogP contribution is -2.50. The minimum atomic E-state index is -4.97. The van der Waals surface area contributed by atoms with Gasteiger partial charge in [-0.1, -0.05) is 30.3 Å². The van der Waals surface area contributed by atoms with Crippen LogP contribution >= 0.6 is 0 Å². The molecule has 1 aliphatic heterocycles. The van der Waals surface area contributed by atoms with Crippen LogP contribution in [0.3, 0.4) is 0 Å². The number of benzene rings is 2. The number of nitrogens with zero attached hydrogens (tertiary/aromatic N) is 1. The van der Waals surface area contributed by atoms with Gasteiger partial charge < -0.3 is 15.4 Å². The molecule has 1 saturated carbocycles. The molecule has 0 bridgehead atoms. The van der Waals surface area contributed by atoms with E-state index in [0.29, 0.717) is 25.0 Å². The molecule has 2 aromatic carbocycles. The maximum Gasteiger partial charge on any atom is 0.416 e. The van der Waals surface area contributed by atoms with E-state index >= 15 is 0 Å². The first-order chi connectivity index (χ1) is 17.2. The maximum absolute atomic E-state index is 13.3. The number of hydrogen-bond donors (Lipinski definition) is 1. The molecular weight excluding hydrogens is 502 g/mol. The lowest BCUT2D eigenvalue weighted by molar-refractivity contribution is -0.146. The molecule has 2 aromatic rings. The summed E-state index contributed by atoms with van der Waals surface area (Å²) < 4.78 is 86.1. The van der Waals surface area contributed by atoms with Crippen molar-refractivity contribution in [1.29, 1.82) is 0 Å². The summed E-state index contributed by atoms with van der Waals surface area (Å²) in [5, 5.41) is 0. The van der Waals surface area contributed by atoms with E-state index in [1.807, 2.05) is 12.1 Å². The molecule has 37 heavy (non-hydrogen) atoms. The van der Waals surface area contributed by atoms with Gasteiger partial charge in [0.1, 0.15) is 5.41 Å². The fourth-order valence-corrected chi connectivity index (χ4v) is 4.85. The van der Waals surface area contributed by atoms with Crippen LogP contribution in [0.1, 0.15) is 60.5 Å². The number of ether oxygens (including phenoxy) is 1. The van der Waals surface area contributed by atoms with Crippen molar-refractivity contribution in [3.8, 4) is 0 Å². The van der Waals surface area contributed by atoms with Gasteiger partial charge in [0.2, 0.25) is 11.8 Å². The molecule has 2 fully saturated rings. The second kappa shape index (κ2) is 9.66. The normalized spacial score (nSPS) is 22.4. The van der Waals surface area contributed by atoms with E-state index in [0.717, 1.165) is 5.56 Å². The smallest absolute Gasteiger partial charge is 0.370 e. The Bertz CT molecular complexity index is 1130. The van der Waals surface area contributed by atoms with E-state index in [9.17, 15) is 35.9 Å². The summed E-state index contributed by atoms with van der Waals surface area (Å²) >= 11 is 0. The van der Waals surface area contributed by atoms with E-state index in [1.54, 1.807) is 23.1 Å².